The van der Waals surface area contributed by atoms with Gasteiger partial charge in [0.15, 0.2) is 0 Å². The van der Waals surface area contributed by atoms with E-state index < -0.39 is 12.0 Å². The van der Waals surface area contributed by atoms with E-state index in [0.29, 0.717) is 11.3 Å². The Hall–Kier alpha value is -2.60. The van der Waals surface area contributed by atoms with E-state index in [4.69, 9.17) is 4.74 Å². The van der Waals surface area contributed by atoms with Crippen LogP contribution in [0, 0.1) is 0 Å². The first kappa shape index (κ1) is 16.3. The van der Waals surface area contributed by atoms with Gasteiger partial charge in [0.2, 0.25) is 0 Å². The van der Waals surface area contributed by atoms with Crippen molar-refractivity contribution in [2.75, 3.05) is 7.05 Å². The normalized spacial score (nSPS) is 17.7. The fraction of sp³-hybridized carbons (Fsp3) is 0.222. The molecule has 1 aromatic carbocycles. The summed E-state index contributed by atoms with van der Waals surface area (Å²) in [6, 6.07) is 10.7. The first-order valence-corrected chi connectivity index (χ1v) is 8.50. The van der Waals surface area contributed by atoms with E-state index in [9.17, 15) is 9.59 Å². The third kappa shape index (κ3) is 3.19. The molecule has 1 aliphatic heterocycles. The Labute approximate surface area is 144 Å². The van der Waals surface area contributed by atoms with Crippen molar-refractivity contribution in [3.8, 4) is 0 Å². The van der Waals surface area contributed by atoms with Crippen LogP contribution in [0.15, 0.2) is 58.4 Å². The zero-order valence-corrected chi connectivity index (χ0v) is 14.3. The van der Waals surface area contributed by atoms with Gasteiger partial charge in [-0.3, -0.25) is 0 Å². The third-order valence-corrected chi connectivity index (χ3v) is 4.76. The first-order chi connectivity index (χ1) is 11.6. The number of urea groups is 1. The van der Waals surface area contributed by atoms with Crippen LogP contribution in [0.25, 0.3) is 0 Å². The van der Waals surface area contributed by atoms with Gasteiger partial charge in [0.25, 0.3) is 0 Å². The molecule has 24 heavy (non-hydrogen) atoms. The molecule has 0 aliphatic carbocycles. The molecule has 0 bridgehead atoms. The maximum absolute atomic E-state index is 12.7. The molecule has 0 radical (unpaired) electrons. The van der Waals surface area contributed by atoms with Crippen molar-refractivity contribution < 1.29 is 14.3 Å². The maximum Gasteiger partial charge on any atom is 0.338 e. The van der Waals surface area contributed by atoms with E-state index in [0.717, 1.165) is 11.1 Å². The summed E-state index contributed by atoms with van der Waals surface area (Å²) in [4.78, 5) is 26.2. The third-order valence-electron chi connectivity index (χ3n) is 4.06. The molecular weight excluding hydrogens is 324 g/mol. The summed E-state index contributed by atoms with van der Waals surface area (Å²) in [6.45, 7) is 1.96. The number of nitrogens with zero attached hydrogens (tertiary/aromatic N) is 1. The number of thiophene rings is 1. The van der Waals surface area contributed by atoms with Gasteiger partial charge in [0.05, 0.1) is 11.6 Å². The molecule has 2 amide bonds. The van der Waals surface area contributed by atoms with Gasteiger partial charge in [0.1, 0.15) is 6.61 Å². The van der Waals surface area contributed by atoms with Crippen molar-refractivity contribution in [3.05, 3.63) is 69.6 Å². The van der Waals surface area contributed by atoms with Crippen LogP contribution in [0.5, 0.6) is 0 Å². The van der Waals surface area contributed by atoms with E-state index >= 15 is 0 Å². The first-order valence-electron chi connectivity index (χ1n) is 7.56. The lowest BCUT2D eigenvalue weighted by atomic mass is 9.97. The highest BCUT2D eigenvalue weighted by molar-refractivity contribution is 7.08. The number of rotatable bonds is 4. The summed E-state index contributed by atoms with van der Waals surface area (Å²) < 4.78 is 5.48. The van der Waals surface area contributed by atoms with E-state index in [-0.39, 0.29) is 12.6 Å². The number of benzene rings is 1. The summed E-state index contributed by atoms with van der Waals surface area (Å²) >= 11 is 1.52. The summed E-state index contributed by atoms with van der Waals surface area (Å²) in [5.41, 5.74) is 2.87. The Morgan fingerprint density at radius 2 is 2.04 bits per heavy atom. The zero-order chi connectivity index (χ0) is 17.1. The summed E-state index contributed by atoms with van der Waals surface area (Å²) in [5, 5.41) is 6.71. The van der Waals surface area contributed by atoms with Gasteiger partial charge in [-0.2, -0.15) is 11.3 Å². The fourth-order valence-corrected chi connectivity index (χ4v) is 3.28. The smallest absolute Gasteiger partial charge is 0.338 e. The van der Waals surface area contributed by atoms with E-state index in [1.165, 1.54) is 16.2 Å². The fourth-order valence-electron chi connectivity index (χ4n) is 2.59. The quantitative estimate of drug-likeness (QED) is 0.866. The summed E-state index contributed by atoms with van der Waals surface area (Å²) in [7, 11) is 1.64. The van der Waals surface area contributed by atoms with E-state index in [1.54, 1.807) is 14.0 Å². The molecule has 0 fully saturated rings. The van der Waals surface area contributed by atoms with Crippen molar-refractivity contribution in [2.45, 2.75) is 19.6 Å². The van der Waals surface area contributed by atoms with Crippen LogP contribution < -0.4 is 5.32 Å². The molecule has 0 saturated carbocycles. The van der Waals surface area contributed by atoms with Crippen LogP contribution in [0.2, 0.25) is 0 Å². The van der Waals surface area contributed by atoms with E-state index in [1.807, 2.05) is 47.2 Å². The Morgan fingerprint density at radius 1 is 1.29 bits per heavy atom. The number of esters is 1. The molecule has 6 heteroatoms. The van der Waals surface area contributed by atoms with Gasteiger partial charge >= 0.3 is 12.0 Å². The molecular formula is C18H18N2O3S. The molecule has 1 aliphatic rings. The van der Waals surface area contributed by atoms with Crippen LogP contribution in [0.3, 0.4) is 0 Å². The average Bonchev–Trinajstić information content (AvgIpc) is 3.12. The highest BCUT2D eigenvalue weighted by Gasteiger charge is 2.35. The zero-order valence-electron chi connectivity index (χ0n) is 13.5. The van der Waals surface area contributed by atoms with Gasteiger partial charge < -0.3 is 15.0 Å². The molecule has 1 N–H and O–H groups in total. The number of hydrogen-bond donors (Lipinski definition) is 1. The molecule has 2 heterocycles. The number of ether oxygens (including phenoxy) is 1. The lowest BCUT2D eigenvalue weighted by Gasteiger charge is -2.32. The molecule has 1 atom stereocenters. The molecule has 2 aromatic rings. The van der Waals surface area contributed by atoms with Crippen molar-refractivity contribution in [2.24, 2.45) is 0 Å². The number of nitrogens with one attached hydrogen (secondary N) is 1. The second-order valence-corrected chi connectivity index (χ2v) is 6.34. The Kier molecular flexibility index (Phi) is 4.66. The number of carbonyl (C=O) groups is 2. The Morgan fingerprint density at radius 3 is 2.71 bits per heavy atom. The van der Waals surface area contributed by atoms with Crippen molar-refractivity contribution >= 4 is 23.3 Å². The summed E-state index contributed by atoms with van der Waals surface area (Å²) in [5.74, 6) is -0.417. The second kappa shape index (κ2) is 6.88. The molecule has 1 aromatic heterocycles. The minimum absolute atomic E-state index is 0.199. The lowest BCUT2D eigenvalue weighted by Crippen LogP contribution is -2.46. The molecule has 0 spiro atoms. The van der Waals surface area contributed by atoms with Crippen LogP contribution in [0.1, 0.15) is 24.1 Å². The predicted octanol–water partition coefficient (Wildman–Crippen LogP) is 3.46. The molecule has 0 saturated heterocycles. The molecule has 5 nitrogen and oxygen atoms in total. The van der Waals surface area contributed by atoms with Crippen LogP contribution in [0.4, 0.5) is 4.79 Å². The Bertz CT molecular complexity index is 769. The lowest BCUT2D eigenvalue weighted by molar-refractivity contribution is -0.141. The van der Waals surface area contributed by atoms with Gasteiger partial charge in [-0.15, -0.1) is 0 Å². The van der Waals surface area contributed by atoms with Gasteiger partial charge in [0, 0.05) is 12.7 Å². The topological polar surface area (TPSA) is 58.6 Å². The number of hydrogen-bond acceptors (Lipinski definition) is 4. The van der Waals surface area contributed by atoms with Crippen molar-refractivity contribution in [3.63, 3.8) is 0 Å². The monoisotopic (exact) mass is 342 g/mol. The van der Waals surface area contributed by atoms with Gasteiger partial charge in [-0.1, -0.05) is 30.3 Å². The number of amides is 2. The van der Waals surface area contributed by atoms with Gasteiger partial charge in [-0.05, 0) is 34.9 Å². The van der Waals surface area contributed by atoms with Gasteiger partial charge in [-0.25, -0.2) is 9.59 Å². The largest absolute Gasteiger partial charge is 0.457 e. The molecule has 3 rings (SSSR count). The van der Waals surface area contributed by atoms with Crippen molar-refractivity contribution in [1.29, 1.82) is 0 Å². The molecule has 0 unspecified atom stereocenters. The number of allylic oxidation sites excluding steroid dienone is 1. The predicted molar refractivity (Wildman–Crippen MR) is 92.3 cm³/mol. The minimum Gasteiger partial charge on any atom is -0.457 e. The molecule has 124 valence electrons. The average molecular weight is 342 g/mol. The SMILES string of the molecule is CC1=C(C(=O)OCc2ccccc2)[C@@H](c2ccsc2)NC(=O)N1C. The van der Waals surface area contributed by atoms with Crippen molar-refractivity contribution in [1.82, 2.24) is 10.2 Å². The van der Waals surface area contributed by atoms with E-state index in [2.05, 4.69) is 5.32 Å². The second-order valence-electron chi connectivity index (χ2n) is 5.56. The minimum atomic E-state index is -0.483. The van der Waals surface area contributed by atoms with Crippen LogP contribution in [-0.2, 0) is 16.1 Å². The number of carbonyl (C=O) groups excluding carboxylic acids is 2. The summed E-state index contributed by atoms with van der Waals surface area (Å²) in [6.07, 6.45) is 0. The van der Waals surface area contributed by atoms with Crippen LogP contribution >= 0.6 is 11.3 Å². The Balaban J connectivity index is 1.86. The van der Waals surface area contributed by atoms with Crippen LogP contribution in [-0.4, -0.2) is 23.9 Å². The standard InChI is InChI=1S/C18H18N2O3S/c1-12-15(17(21)23-10-13-6-4-3-5-7-13)16(14-8-9-24-11-14)19-18(22)20(12)2/h3-9,11,16H,10H2,1-2H3,(H,19,22)/t16-/m1/s1. The maximum atomic E-state index is 12.7. The highest BCUT2D eigenvalue weighted by atomic mass is 32.1. The highest BCUT2D eigenvalue weighted by Crippen LogP contribution is 2.31.